The molecule has 28 heavy (non-hydrogen) atoms. The Morgan fingerprint density at radius 3 is 2.14 bits per heavy atom. The topological polar surface area (TPSA) is 26.0 Å². The van der Waals surface area contributed by atoms with Gasteiger partial charge in [0.15, 0.2) is 0 Å². The van der Waals surface area contributed by atoms with Crippen molar-refractivity contribution >= 4 is 0 Å². The minimum Gasteiger partial charge on any atom is -0.333 e. The van der Waals surface area contributed by atoms with E-state index in [1.165, 1.54) is 25.5 Å². The normalized spacial score (nSPS) is 25.9. The molecule has 3 rings (SSSR count). The van der Waals surface area contributed by atoms with Gasteiger partial charge in [0.05, 0.1) is 0 Å². The van der Waals surface area contributed by atoms with Crippen molar-refractivity contribution in [2.75, 3.05) is 7.05 Å². The summed E-state index contributed by atoms with van der Waals surface area (Å²) in [5.41, 5.74) is 8.00. The summed E-state index contributed by atoms with van der Waals surface area (Å²) in [6.45, 7) is 17.7. The predicted octanol–water partition coefficient (Wildman–Crippen LogP) is 7.41. The van der Waals surface area contributed by atoms with Crippen LogP contribution in [0.25, 0.3) is 0 Å². The molecule has 1 heteroatoms. The lowest BCUT2D eigenvalue weighted by atomic mass is 9.72. The molecule has 3 aliphatic rings. The average Bonchev–Trinajstić information content (AvgIpc) is 2.68. The van der Waals surface area contributed by atoms with E-state index in [1.807, 2.05) is 0 Å². The Bertz CT molecular complexity index is 641. The van der Waals surface area contributed by atoms with Crippen LogP contribution in [0.4, 0.5) is 0 Å². The summed E-state index contributed by atoms with van der Waals surface area (Å²) in [5, 5.41) is 0. The van der Waals surface area contributed by atoms with E-state index in [9.17, 15) is 0 Å². The molecule has 0 aliphatic heterocycles. The standard InChI is InChI=1S/C16H26.C10H12.CH5N/c1-8-12-9-13(15(2,3)4)11-14(10-12)16(5,6)7;1-2-6-10-8-4-3-7-9(10)5-1;1-2/h8-9,11-12H,1,10H2,2-7H3;1-3,5-7,9-10H,4,8H2;2H2,1H3. The van der Waals surface area contributed by atoms with E-state index in [0.717, 1.165) is 12.3 Å². The number of allylic oxidation sites excluding steroid dienone is 11. The Labute approximate surface area is 174 Å². The first-order valence-electron chi connectivity index (χ1n) is 10.8. The van der Waals surface area contributed by atoms with Crippen LogP contribution >= 0.6 is 0 Å². The van der Waals surface area contributed by atoms with E-state index in [1.54, 1.807) is 5.57 Å². The number of hydrogen-bond acceptors (Lipinski definition) is 1. The van der Waals surface area contributed by atoms with Crippen molar-refractivity contribution in [3.63, 3.8) is 0 Å². The van der Waals surface area contributed by atoms with E-state index < -0.39 is 0 Å². The number of rotatable bonds is 1. The van der Waals surface area contributed by atoms with Gasteiger partial charge in [0.25, 0.3) is 0 Å². The van der Waals surface area contributed by atoms with Crippen LogP contribution in [-0.4, -0.2) is 7.05 Å². The van der Waals surface area contributed by atoms with Crippen molar-refractivity contribution < 1.29 is 0 Å². The minimum atomic E-state index is 0.234. The first kappa shape index (κ1) is 24.4. The van der Waals surface area contributed by atoms with Gasteiger partial charge in [-0.15, -0.1) is 6.58 Å². The third kappa shape index (κ3) is 7.43. The Morgan fingerprint density at radius 2 is 1.61 bits per heavy atom. The van der Waals surface area contributed by atoms with Crippen LogP contribution in [-0.2, 0) is 0 Å². The maximum Gasteiger partial charge on any atom is 0.00127 e. The molecule has 3 unspecified atom stereocenters. The molecule has 156 valence electrons. The predicted molar refractivity (Wildman–Crippen MR) is 127 cm³/mol. The van der Waals surface area contributed by atoms with Crippen LogP contribution in [0.2, 0.25) is 0 Å². The molecule has 2 N–H and O–H groups in total. The van der Waals surface area contributed by atoms with E-state index >= 15 is 0 Å². The summed E-state index contributed by atoms with van der Waals surface area (Å²) >= 11 is 0. The molecule has 0 amide bonds. The fraction of sp³-hybridized carbons (Fsp3) is 0.556. The lowest BCUT2D eigenvalue weighted by Crippen LogP contribution is -2.19. The first-order valence-corrected chi connectivity index (χ1v) is 10.8. The maximum absolute atomic E-state index is 4.50. The second-order valence-electron chi connectivity index (χ2n) is 9.91. The average molecular weight is 382 g/mol. The second-order valence-corrected chi connectivity index (χ2v) is 9.91. The van der Waals surface area contributed by atoms with Crippen LogP contribution in [0.5, 0.6) is 0 Å². The summed E-state index contributed by atoms with van der Waals surface area (Å²) in [6, 6.07) is 0. The Morgan fingerprint density at radius 1 is 0.964 bits per heavy atom. The van der Waals surface area contributed by atoms with Gasteiger partial charge in [-0.05, 0) is 54.5 Å². The molecule has 0 spiro atoms. The molecule has 0 saturated heterocycles. The molecule has 0 bridgehead atoms. The highest BCUT2D eigenvalue weighted by Gasteiger charge is 2.26. The molecule has 1 nitrogen and oxygen atoms in total. The van der Waals surface area contributed by atoms with Crippen LogP contribution in [0.1, 0.15) is 60.8 Å². The molecular formula is C27H43N. The Hall–Kier alpha value is -1.60. The van der Waals surface area contributed by atoms with Crippen molar-refractivity contribution in [3.8, 4) is 0 Å². The minimum absolute atomic E-state index is 0.234. The van der Waals surface area contributed by atoms with E-state index in [-0.39, 0.29) is 10.8 Å². The fourth-order valence-corrected chi connectivity index (χ4v) is 3.69. The fourth-order valence-electron chi connectivity index (χ4n) is 3.69. The SMILES string of the molecule is C1=CC2C=CCCC2C=C1.C=CC1C=C(C(C)(C)C)C=C(C(C)(C)C)C1.CN. The Balaban J connectivity index is 0.000000278. The second kappa shape index (κ2) is 10.8. The highest BCUT2D eigenvalue weighted by atomic mass is 14.4. The van der Waals surface area contributed by atoms with Crippen molar-refractivity contribution in [1.82, 2.24) is 0 Å². The van der Waals surface area contributed by atoms with Crippen LogP contribution in [0.15, 0.2) is 72.4 Å². The van der Waals surface area contributed by atoms with E-state index in [2.05, 4.69) is 109 Å². The van der Waals surface area contributed by atoms with Gasteiger partial charge in [0, 0.05) is 5.92 Å². The van der Waals surface area contributed by atoms with Gasteiger partial charge in [-0.3, -0.25) is 0 Å². The summed E-state index contributed by atoms with van der Waals surface area (Å²) in [4.78, 5) is 0. The van der Waals surface area contributed by atoms with Crippen LogP contribution < -0.4 is 5.73 Å². The van der Waals surface area contributed by atoms with Crippen LogP contribution in [0.3, 0.4) is 0 Å². The van der Waals surface area contributed by atoms with Crippen molar-refractivity contribution in [2.45, 2.75) is 60.8 Å². The van der Waals surface area contributed by atoms with Gasteiger partial charge in [-0.2, -0.15) is 0 Å². The molecule has 0 fully saturated rings. The number of nitrogens with two attached hydrogens (primary N) is 1. The van der Waals surface area contributed by atoms with Gasteiger partial charge >= 0.3 is 0 Å². The zero-order valence-corrected chi connectivity index (χ0v) is 19.3. The number of fused-ring (bicyclic) bond motifs is 1. The molecule has 0 heterocycles. The molecule has 0 aromatic heterocycles. The van der Waals surface area contributed by atoms with Gasteiger partial charge in [-0.25, -0.2) is 0 Å². The third-order valence-electron chi connectivity index (χ3n) is 5.63. The molecule has 0 saturated carbocycles. The Kier molecular flexibility index (Phi) is 9.44. The molecule has 0 aromatic rings. The lowest BCUT2D eigenvalue weighted by molar-refractivity contribution is 0.450. The summed E-state index contributed by atoms with van der Waals surface area (Å²) in [6.07, 6.45) is 24.1. The monoisotopic (exact) mass is 381 g/mol. The largest absolute Gasteiger partial charge is 0.333 e. The van der Waals surface area contributed by atoms with Crippen LogP contribution in [0, 0.1) is 28.6 Å². The molecular weight excluding hydrogens is 338 g/mol. The van der Waals surface area contributed by atoms with Gasteiger partial charge in [-0.1, -0.05) is 102 Å². The van der Waals surface area contributed by atoms with Crippen molar-refractivity contribution in [3.05, 3.63) is 72.4 Å². The highest BCUT2D eigenvalue weighted by Crippen LogP contribution is 2.40. The van der Waals surface area contributed by atoms with Gasteiger partial charge in [0.2, 0.25) is 0 Å². The first-order chi connectivity index (χ1) is 13.1. The number of hydrogen-bond donors (Lipinski definition) is 1. The zero-order valence-electron chi connectivity index (χ0n) is 19.3. The third-order valence-corrected chi connectivity index (χ3v) is 5.63. The highest BCUT2D eigenvalue weighted by molar-refractivity contribution is 5.36. The molecule has 0 aromatic carbocycles. The quantitative estimate of drug-likeness (QED) is 0.470. The van der Waals surface area contributed by atoms with E-state index in [4.69, 9.17) is 0 Å². The van der Waals surface area contributed by atoms with Gasteiger partial charge < -0.3 is 5.73 Å². The van der Waals surface area contributed by atoms with E-state index in [0.29, 0.717) is 11.8 Å². The molecule has 3 atom stereocenters. The van der Waals surface area contributed by atoms with Gasteiger partial charge in [0.1, 0.15) is 0 Å². The summed E-state index contributed by atoms with van der Waals surface area (Å²) < 4.78 is 0. The van der Waals surface area contributed by atoms with Crippen molar-refractivity contribution in [2.24, 2.45) is 34.3 Å². The lowest BCUT2D eigenvalue weighted by Gasteiger charge is -2.33. The summed E-state index contributed by atoms with van der Waals surface area (Å²) in [7, 11) is 1.50. The summed E-state index contributed by atoms with van der Waals surface area (Å²) in [5.74, 6) is 2.02. The maximum atomic E-state index is 4.50. The zero-order chi connectivity index (χ0) is 21.4. The van der Waals surface area contributed by atoms with Crippen molar-refractivity contribution in [1.29, 1.82) is 0 Å². The molecule has 0 radical (unpaired) electrons. The molecule has 3 aliphatic carbocycles. The smallest absolute Gasteiger partial charge is 0.00127 e.